The number of nitrogens with zero attached hydrogens (tertiary/aromatic N) is 1. The molecule has 0 saturated heterocycles. The molecule has 0 spiro atoms. The van der Waals surface area contributed by atoms with Crippen molar-refractivity contribution in [2.45, 2.75) is 0 Å². The molecule has 18 heavy (non-hydrogen) atoms. The van der Waals surface area contributed by atoms with Gasteiger partial charge in [-0.05, 0) is 12.1 Å². The fourth-order valence-corrected chi connectivity index (χ4v) is 1.10. The number of carboxylic acids is 1. The minimum Gasteiger partial charge on any atom is -0.479 e. The van der Waals surface area contributed by atoms with Gasteiger partial charge >= 0.3 is 5.97 Å². The first-order chi connectivity index (χ1) is 8.41. The fraction of sp³-hybridized carbons (Fsp3) is 0.111. The zero-order chi connectivity index (χ0) is 13.7. The highest BCUT2D eigenvalue weighted by molar-refractivity contribution is 5.94. The number of aliphatic carboxylic acids is 1. The second-order valence-corrected chi connectivity index (χ2v) is 3.14. The molecule has 0 bridgehead atoms. The largest absolute Gasteiger partial charge is 0.479 e. The molecule has 1 rings (SSSR count). The number of nitro groups is 1. The number of nitro benzene ring substituents is 1. The molecule has 0 atom stereocenters. The van der Waals surface area contributed by atoms with Crippen LogP contribution in [0.5, 0.6) is 0 Å². The molecule has 0 saturated carbocycles. The van der Waals surface area contributed by atoms with Gasteiger partial charge < -0.3 is 10.8 Å². The van der Waals surface area contributed by atoms with E-state index in [4.69, 9.17) is 10.8 Å². The zero-order valence-corrected chi connectivity index (χ0v) is 8.95. The van der Waals surface area contributed by atoms with Crippen LogP contribution in [0.4, 0.5) is 11.4 Å². The number of anilines is 1. The standard InChI is InChI=1S/C9H9N3O6/c10-9(15)5-1-2-6(7(3-5)12(16)17)11-18-4-8(13)14/h1-3,11H,4H2,(H2,10,15)(H,13,14). The van der Waals surface area contributed by atoms with Crippen molar-refractivity contribution in [3.8, 4) is 0 Å². The van der Waals surface area contributed by atoms with Gasteiger partial charge in [-0.15, -0.1) is 0 Å². The monoisotopic (exact) mass is 255 g/mol. The number of nitrogens with two attached hydrogens (primary N) is 1. The van der Waals surface area contributed by atoms with E-state index in [1.807, 2.05) is 0 Å². The highest BCUT2D eigenvalue weighted by Crippen LogP contribution is 2.25. The Morgan fingerprint density at radius 1 is 1.50 bits per heavy atom. The number of nitrogens with one attached hydrogen (secondary N) is 1. The summed E-state index contributed by atoms with van der Waals surface area (Å²) in [6.07, 6.45) is 0. The molecule has 0 unspecified atom stereocenters. The maximum Gasteiger partial charge on any atom is 0.332 e. The van der Waals surface area contributed by atoms with Crippen molar-refractivity contribution < 1.29 is 24.5 Å². The molecular weight excluding hydrogens is 246 g/mol. The SMILES string of the molecule is NC(=O)c1ccc(NOCC(=O)O)c([N+](=O)[O-])c1. The molecule has 0 radical (unpaired) electrons. The number of rotatable bonds is 6. The molecule has 0 fully saturated rings. The Morgan fingerprint density at radius 2 is 2.17 bits per heavy atom. The van der Waals surface area contributed by atoms with Gasteiger partial charge in [0.25, 0.3) is 5.69 Å². The van der Waals surface area contributed by atoms with Crippen molar-refractivity contribution in [2.75, 3.05) is 12.1 Å². The summed E-state index contributed by atoms with van der Waals surface area (Å²) in [6.45, 7) is -0.672. The average molecular weight is 255 g/mol. The molecule has 0 aliphatic heterocycles. The topological polar surface area (TPSA) is 145 Å². The summed E-state index contributed by atoms with van der Waals surface area (Å²) in [4.78, 5) is 35.5. The van der Waals surface area contributed by atoms with Crippen LogP contribution in [0.25, 0.3) is 0 Å². The second-order valence-electron chi connectivity index (χ2n) is 3.14. The molecule has 0 aliphatic rings. The predicted octanol–water partition coefficient (Wildman–Crippen LogP) is 0.122. The quantitative estimate of drug-likeness (QED) is 0.483. The van der Waals surface area contributed by atoms with E-state index in [9.17, 15) is 19.7 Å². The number of carbonyl (C=O) groups excluding carboxylic acids is 1. The van der Waals surface area contributed by atoms with E-state index in [2.05, 4.69) is 10.3 Å². The molecule has 1 aromatic carbocycles. The van der Waals surface area contributed by atoms with Crippen molar-refractivity contribution in [1.82, 2.24) is 0 Å². The smallest absolute Gasteiger partial charge is 0.332 e. The van der Waals surface area contributed by atoms with E-state index >= 15 is 0 Å². The number of primary amides is 1. The average Bonchev–Trinajstić information content (AvgIpc) is 2.28. The first-order valence-corrected chi connectivity index (χ1v) is 4.59. The number of amides is 1. The Kier molecular flexibility index (Phi) is 4.16. The van der Waals surface area contributed by atoms with Gasteiger partial charge in [-0.2, -0.15) is 0 Å². The lowest BCUT2D eigenvalue weighted by Crippen LogP contribution is -2.14. The third-order valence-electron chi connectivity index (χ3n) is 1.86. The first-order valence-electron chi connectivity index (χ1n) is 4.59. The van der Waals surface area contributed by atoms with Gasteiger partial charge in [-0.3, -0.25) is 25.2 Å². The van der Waals surface area contributed by atoms with Gasteiger partial charge in [0.05, 0.1) is 4.92 Å². The molecule has 0 aliphatic carbocycles. The normalized spacial score (nSPS) is 9.78. The van der Waals surface area contributed by atoms with Crippen LogP contribution in [0.15, 0.2) is 18.2 Å². The molecule has 4 N–H and O–H groups in total. The van der Waals surface area contributed by atoms with E-state index in [0.29, 0.717) is 0 Å². The van der Waals surface area contributed by atoms with Crippen LogP contribution in [0, 0.1) is 10.1 Å². The van der Waals surface area contributed by atoms with Crippen LogP contribution >= 0.6 is 0 Å². The Hall–Kier alpha value is -2.68. The van der Waals surface area contributed by atoms with E-state index in [1.54, 1.807) is 0 Å². The maximum atomic E-state index is 10.9. The van der Waals surface area contributed by atoms with E-state index in [1.165, 1.54) is 12.1 Å². The lowest BCUT2D eigenvalue weighted by molar-refractivity contribution is -0.384. The van der Waals surface area contributed by atoms with Gasteiger partial charge in [0.2, 0.25) is 5.91 Å². The van der Waals surface area contributed by atoms with Crippen LogP contribution in [-0.4, -0.2) is 28.5 Å². The third-order valence-corrected chi connectivity index (χ3v) is 1.86. The number of hydrogen-bond donors (Lipinski definition) is 3. The van der Waals surface area contributed by atoms with Crippen molar-refractivity contribution >= 4 is 23.3 Å². The van der Waals surface area contributed by atoms with Crippen molar-refractivity contribution in [1.29, 1.82) is 0 Å². The van der Waals surface area contributed by atoms with Gasteiger partial charge in [0.15, 0.2) is 6.61 Å². The maximum absolute atomic E-state index is 10.9. The van der Waals surface area contributed by atoms with E-state index < -0.39 is 29.1 Å². The summed E-state index contributed by atoms with van der Waals surface area (Å²) in [5, 5.41) is 19.1. The van der Waals surface area contributed by atoms with Gasteiger partial charge in [-0.1, -0.05) is 0 Å². The van der Waals surface area contributed by atoms with Gasteiger partial charge in [0, 0.05) is 11.6 Å². The van der Waals surface area contributed by atoms with Crippen molar-refractivity contribution in [3.63, 3.8) is 0 Å². The van der Waals surface area contributed by atoms with Crippen molar-refractivity contribution in [2.24, 2.45) is 5.73 Å². The summed E-state index contributed by atoms with van der Waals surface area (Å²) < 4.78 is 0. The highest BCUT2D eigenvalue weighted by atomic mass is 16.7. The van der Waals surface area contributed by atoms with E-state index in [-0.39, 0.29) is 11.3 Å². The molecule has 1 amide bonds. The second kappa shape index (κ2) is 5.59. The van der Waals surface area contributed by atoms with Crippen LogP contribution < -0.4 is 11.2 Å². The fourth-order valence-electron chi connectivity index (χ4n) is 1.10. The molecular formula is C9H9N3O6. The first kappa shape index (κ1) is 13.4. The summed E-state index contributed by atoms with van der Waals surface area (Å²) in [7, 11) is 0. The predicted molar refractivity (Wildman–Crippen MR) is 58.8 cm³/mol. The van der Waals surface area contributed by atoms with Gasteiger partial charge in [-0.25, -0.2) is 4.79 Å². The Morgan fingerprint density at radius 3 is 2.67 bits per heavy atom. The molecule has 96 valence electrons. The zero-order valence-electron chi connectivity index (χ0n) is 8.95. The minimum atomic E-state index is -1.24. The molecule has 1 aromatic rings. The summed E-state index contributed by atoms with van der Waals surface area (Å²) >= 11 is 0. The molecule has 9 heteroatoms. The number of carboxylic acid groups (broad SMARTS) is 1. The summed E-state index contributed by atoms with van der Waals surface area (Å²) in [6, 6.07) is 3.41. The molecule has 0 aromatic heterocycles. The Bertz CT molecular complexity index is 501. The van der Waals surface area contributed by atoms with Crippen LogP contribution in [0.1, 0.15) is 10.4 Å². The van der Waals surface area contributed by atoms with Crippen LogP contribution in [-0.2, 0) is 9.63 Å². The number of benzene rings is 1. The molecule has 0 heterocycles. The Labute approximate surface area is 100 Å². The lowest BCUT2D eigenvalue weighted by atomic mass is 10.1. The van der Waals surface area contributed by atoms with Crippen LogP contribution in [0.2, 0.25) is 0 Å². The number of hydrogen-bond acceptors (Lipinski definition) is 6. The highest BCUT2D eigenvalue weighted by Gasteiger charge is 2.16. The van der Waals surface area contributed by atoms with Crippen molar-refractivity contribution in [3.05, 3.63) is 33.9 Å². The summed E-state index contributed by atoms with van der Waals surface area (Å²) in [5.74, 6) is -2.05. The summed E-state index contributed by atoms with van der Waals surface area (Å²) in [5.41, 5.74) is 6.54. The molecule has 9 nitrogen and oxygen atoms in total. The van der Waals surface area contributed by atoms with Gasteiger partial charge in [0.1, 0.15) is 5.69 Å². The van der Waals surface area contributed by atoms with E-state index in [0.717, 1.165) is 6.07 Å². The Balaban J connectivity index is 2.93. The minimum absolute atomic E-state index is 0.0366. The van der Waals surface area contributed by atoms with Crippen LogP contribution in [0.3, 0.4) is 0 Å². The lowest BCUT2D eigenvalue weighted by Gasteiger charge is -2.06. The third kappa shape index (κ3) is 3.42. The number of carbonyl (C=O) groups is 2.